The van der Waals surface area contributed by atoms with E-state index in [1.165, 1.54) is 0 Å². The first-order valence-corrected chi connectivity index (χ1v) is 3.11. The van der Waals surface area contributed by atoms with Gasteiger partial charge >= 0.3 is 0 Å². The van der Waals surface area contributed by atoms with Crippen LogP contribution in [0, 0.1) is 5.41 Å². The monoisotopic (exact) mass is 136 g/mol. The van der Waals surface area contributed by atoms with Gasteiger partial charge in [0.2, 0.25) is 0 Å². The quantitative estimate of drug-likeness (QED) is 0.551. The van der Waals surface area contributed by atoms with Crippen molar-refractivity contribution in [3.63, 3.8) is 0 Å². The first-order chi connectivity index (χ1) is 3.83. The molecule has 0 radical (unpaired) electrons. The summed E-state index contributed by atoms with van der Waals surface area (Å²) in [4.78, 5) is 0. The van der Waals surface area contributed by atoms with Crippen molar-refractivity contribution >= 4 is 11.6 Å². The van der Waals surface area contributed by atoms with E-state index in [0.29, 0.717) is 19.1 Å². The van der Waals surface area contributed by atoms with Gasteiger partial charge < -0.3 is 9.84 Å². The number of hydrogen-bond acceptors (Lipinski definition) is 2. The molecule has 0 aromatic rings. The van der Waals surface area contributed by atoms with Crippen molar-refractivity contribution in [1.29, 1.82) is 0 Å². The number of hydrogen-bond donors (Lipinski definition) is 1. The van der Waals surface area contributed by atoms with Crippen LogP contribution in [0.3, 0.4) is 0 Å². The van der Waals surface area contributed by atoms with Gasteiger partial charge in [-0.25, -0.2) is 0 Å². The first kappa shape index (κ1) is 6.33. The van der Waals surface area contributed by atoms with Gasteiger partial charge in [-0.3, -0.25) is 0 Å². The van der Waals surface area contributed by atoms with Crippen LogP contribution in [0.25, 0.3) is 0 Å². The number of alkyl halides is 1. The summed E-state index contributed by atoms with van der Waals surface area (Å²) in [6.07, 6.45) is 0. The maximum atomic E-state index is 8.67. The van der Waals surface area contributed by atoms with Crippen LogP contribution in [0.5, 0.6) is 0 Å². The van der Waals surface area contributed by atoms with Crippen LogP contribution in [-0.4, -0.2) is 30.8 Å². The number of rotatable bonds is 2. The molecule has 3 heteroatoms. The van der Waals surface area contributed by atoms with Gasteiger partial charge in [0.15, 0.2) is 0 Å². The fourth-order valence-corrected chi connectivity index (χ4v) is 0.840. The second-order valence-corrected chi connectivity index (χ2v) is 2.55. The zero-order valence-electron chi connectivity index (χ0n) is 4.56. The molecule has 1 fully saturated rings. The number of aliphatic hydroxyl groups excluding tert-OH is 1. The van der Waals surface area contributed by atoms with E-state index in [1.807, 2.05) is 0 Å². The van der Waals surface area contributed by atoms with Crippen molar-refractivity contribution < 1.29 is 9.84 Å². The molecule has 0 aromatic heterocycles. The van der Waals surface area contributed by atoms with Crippen LogP contribution >= 0.6 is 11.6 Å². The average molecular weight is 137 g/mol. The van der Waals surface area contributed by atoms with E-state index < -0.39 is 0 Å². The van der Waals surface area contributed by atoms with E-state index in [4.69, 9.17) is 21.4 Å². The van der Waals surface area contributed by atoms with Crippen molar-refractivity contribution in [2.24, 2.45) is 5.41 Å². The molecule has 1 N–H and O–H groups in total. The molecule has 1 aliphatic heterocycles. The van der Waals surface area contributed by atoms with Crippen molar-refractivity contribution in [3.05, 3.63) is 0 Å². The van der Waals surface area contributed by atoms with E-state index in [1.54, 1.807) is 0 Å². The third-order valence-corrected chi connectivity index (χ3v) is 2.00. The zero-order chi connectivity index (χ0) is 6.04. The van der Waals surface area contributed by atoms with E-state index in [2.05, 4.69) is 0 Å². The van der Waals surface area contributed by atoms with Gasteiger partial charge in [0.25, 0.3) is 0 Å². The number of aliphatic hydroxyl groups is 1. The summed E-state index contributed by atoms with van der Waals surface area (Å²) >= 11 is 5.52. The minimum absolute atomic E-state index is 0.0957. The van der Waals surface area contributed by atoms with Gasteiger partial charge in [0.05, 0.1) is 25.2 Å². The van der Waals surface area contributed by atoms with Crippen LogP contribution in [0.15, 0.2) is 0 Å². The second-order valence-electron chi connectivity index (χ2n) is 2.28. The summed E-state index contributed by atoms with van der Waals surface area (Å²) in [5.41, 5.74) is -0.0957. The Kier molecular flexibility index (Phi) is 1.75. The van der Waals surface area contributed by atoms with Gasteiger partial charge in [-0.1, -0.05) is 0 Å². The van der Waals surface area contributed by atoms with E-state index >= 15 is 0 Å². The molecule has 0 atom stereocenters. The van der Waals surface area contributed by atoms with E-state index in [0.717, 1.165) is 0 Å². The molecule has 1 aliphatic rings. The van der Waals surface area contributed by atoms with Crippen molar-refractivity contribution in [1.82, 2.24) is 0 Å². The summed E-state index contributed by atoms with van der Waals surface area (Å²) in [6.45, 7) is 1.39. The molecule has 0 saturated carbocycles. The van der Waals surface area contributed by atoms with Gasteiger partial charge in [-0.05, 0) is 0 Å². The van der Waals surface area contributed by atoms with Crippen LogP contribution in [0.4, 0.5) is 0 Å². The Balaban J connectivity index is 2.33. The zero-order valence-corrected chi connectivity index (χ0v) is 5.32. The first-order valence-electron chi connectivity index (χ1n) is 2.58. The molecule has 0 aromatic carbocycles. The summed E-state index contributed by atoms with van der Waals surface area (Å²) in [7, 11) is 0. The summed E-state index contributed by atoms with van der Waals surface area (Å²) in [5.74, 6) is 0.503. The minimum Gasteiger partial charge on any atom is -0.396 e. The standard InChI is InChI=1S/C5H9ClO2/c6-1-5(2-7)3-8-4-5/h7H,1-4H2. The Morgan fingerprint density at radius 1 is 1.62 bits per heavy atom. The Bertz CT molecular complexity index is 67.0. The van der Waals surface area contributed by atoms with Crippen molar-refractivity contribution in [2.75, 3.05) is 25.7 Å². The normalized spacial score (nSPS) is 24.8. The Hall–Kier alpha value is 0.210. The fourth-order valence-electron chi connectivity index (χ4n) is 0.601. The highest BCUT2D eigenvalue weighted by Crippen LogP contribution is 2.27. The average Bonchev–Trinajstić information content (AvgIpc) is 1.67. The van der Waals surface area contributed by atoms with E-state index in [9.17, 15) is 0 Å². The lowest BCUT2D eigenvalue weighted by molar-refractivity contribution is -0.122. The summed E-state index contributed by atoms with van der Waals surface area (Å²) in [5, 5.41) is 8.67. The lowest BCUT2D eigenvalue weighted by Crippen LogP contribution is -2.47. The van der Waals surface area contributed by atoms with Gasteiger partial charge in [0, 0.05) is 5.88 Å². The van der Waals surface area contributed by atoms with Crippen LogP contribution in [0.1, 0.15) is 0 Å². The molecule has 0 aliphatic carbocycles. The van der Waals surface area contributed by atoms with Gasteiger partial charge in [-0.2, -0.15) is 0 Å². The second kappa shape index (κ2) is 2.21. The lowest BCUT2D eigenvalue weighted by Gasteiger charge is -2.37. The topological polar surface area (TPSA) is 29.5 Å². The van der Waals surface area contributed by atoms with Crippen molar-refractivity contribution in [3.8, 4) is 0 Å². The summed E-state index contributed by atoms with van der Waals surface area (Å²) < 4.78 is 4.88. The third kappa shape index (κ3) is 0.835. The molecule has 8 heavy (non-hydrogen) atoms. The van der Waals surface area contributed by atoms with Crippen LogP contribution < -0.4 is 0 Å². The molecule has 2 nitrogen and oxygen atoms in total. The largest absolute Gasteiger partial charge is 0.396 e. The Morgan fingerprint density at radius 3 is 2.25 bits per heavy atom. The molecule has 1 saturated heterocycles. The Morgan fingerprint density at radius 2 is 2.25 bits per heavy atom. The van der Waals surface area contributed by atoms with Crippen LogP contribution in [-0.2, 0) is 4.74 Å². The molecule has 1 heterocycles. The Labute approximate surface area is 53.4 Å². The molecule has 48 valence electrons. The molecule has 0 unspecified atom stereocenters. The lowest BCUT2D eigenvalue weighted by atomic mass is 9.90. The van der Waals surface area contributed by atoms with E-state index in [-0.39, 0.29) is 12.0 Å². The molecular formula is C5H9ClO2. The number of ether oxygens (including phenoxy) is 1. The predicted octanol–water partition coefficient (Wildman–Crippen LogP) is 0.234. The smallest absolute Gasteiger partial charge is 0.0578 e. The fraction of sp³-hybridized carbons (Fsp3) is 1.00. The highest BCUT2D eigenvalue weighted by Gasteiger charge is 2.36. The molecule has 0 spiro atoms. The summed E-state index contributed by atoms with van der Waals surface area (Å²) in [6, 6.07) is 0. The maximum Gasteiger partial charge on any atom is 0.0578 e. The van der Waals surface area contributed by atoms with Gasteiger partial charge in [-0.15, -0.1) is 11.6 Å². The van der Waals surface area contributed by atoms with Crippen LogP contribution in [0.2, 0.25) is 0 Å². The van der Waals surface area contributed by atoms with Gasteiger partial charge in [0.1, 0.15) is 0 Å². The molecule has 1 rings (SSSR count). The SMILES string of the molecule is OCC1(CCl)COC1. The minimum atomic E-state index is -0.0957. The molecular weight excluding hydrogens is 128 g/mol. The predicted molar refractivity (Wildman–Crippen MR) is 31.1 cm³/mol. The molecule has 0 bridgehead atoms. The number of halogens is 1. The third-order valence-electron chi connectivity index (χ3n) is 1.44. The maximum absolute atomic E-state index is 8.67. The van der Waals surface area contributed by atoms with Crippen molar-refractivity contribution in [2.45, 2.75) is 0 Å². The highest BCUT2D eigenvalue weighted by molar-refractivity contribution is 6.18. The highest BCUT2D eigenvalue weighted by atomic mass is 35.5. The molecule has 0 amide bonds.